The van der Waals surface area contributed by atoms with Crippen molar-refractivity contribution < 1.29 is 14.6 Å². The molecule has 0 aliphatic carbocycles. The van der Waals surface area contributed by atoms with E-state index in [0.717, 1.165) is 25.1 Å². The molecule has 1 saturated heterocycles. The van der Waals surface area contributed by atoms with Gasteiger partial charge in [-0.15, -0.1) is 0 Å². The van der Waals surface area contributed by atoms with E-state index in [1.54, 1.807) is 20.3 Å². The minimum absolute atomic E-state index is 0.185. The highest BCUT2D eigenvalue weighted by atomic mass is 16.5. The standard InChI is InChI=1S/C14H21NO3/c1-10(15-7-6-12(9-15)17-2)11-4-5-13(16)14(8-11)18-3/h4-5,8,10,12,16H,6-7,9H2,1-3H3. The highest BCUT2D eigenvalue weighted by Gasteiger charge is 2.26. The smallest absolute Gasteiger partial charge is 0.160 e. The summed E-state index contributed by atoms with van der Waals surface area (Å²) in [6.07, 6.45) is 1.42. The number of ether oxygens (including phenoxy) is 2. The molecule has 4 heteroatoms. The largest absolute Gasteiger partial charge is 0.504 e. The molecule has 0 radical (unpaired) electrons. The average Bonchev–Trinajstić information content (AvgIpc) is 2.87. The fraction of sp³-hybridized carbons (Fsp3) is 0.571. The van der Waals surface area contributed by atoms with Crippen LogP contribution in [0.4, 0.5) is 0 Å². The summed E-state index contributed by atoms with van der Waals surface area (Å²) in [6.45, 7) is 4.17. The van der Waals surface area contributed by atoms with Crippen molar-refractivity contribution in [2.24, 2.45) is 0 Å². The molecule has 2 unspecified atom stereocenters. The molecule has 0 amide bonds. The zero-order valence-electron chi connectivity index (χ0n) is 11.2. The van der Waals surface area contributed by atoms with E-state index in [9.17, 15) is 5.11 Å². The van der Waals surface area contributed by atoms with Crippen molar-refractivity contribution in [1.29, 1.82) is 0 Å². The van der Waals surface area contributed by atoms with Crippen LogP contribution in [0.3, 0.4) is 0 Å². The van der Waals surface area contributed by atoms with Gasteiger partial charge in [-0.3, -0.25) is 4.90 Å². The van der Waals surface area contributed by atoms with Crippen LogP contribution in [-0.2, 0) is 4.74 Å². The molecule has 1 heterocycles. The van der Waals surface area contributed by atoms with Crippen LogP contribution >= 0.6 is 0 Å². The van der Waals surface area contributed by atoms with Crippen LogP contribution < -0.4 is 4.74 Å². The monoisotopic (exact) mass is 251 g/mol. The summed E-state index contributed by atoms with van der Waals surface area (Å²) < 4.78 is 10.5. The molecule has 1 aromatic carbocycles. The summed E-state index contributed by atoms with van der Waals surface area (Å²) in [7, 11) is 3.34. The lowest BCUT2D eigenvalue weighted by Gasteiger charge is -2.25. The molecule has 0 bridgehead atoms. The number of benzene rings is 1. The second kappa shape index (κ2) is 5.59. The van der Waals surface area contributed by atoms with Crippen molar-refractivity contribution in [1.82, 2.24) is 4.90 Å². The molecule has 1 aromatic rings. The van der Waals surface area contributed by atoms with Crippen LogP contribution in [0, 0.1) is 0 Å². The molecule has 1 N–H and O–H groups in total. The molecule has 0 spiro atoms. The van der Waals surface area contributed by atoms with Gasteiger partial charge in [-0.05, 0) is 31.0 Å². The first-order chi connectivity index (χ1) is 8.65. The Morgan fingerprint density at radius 3 is 2.78 bits per heavy atom. The average molecular weight is 251 g/mol. The van der Waals surface area contributed by atoms with Gasteiger partial charge in [-0.1, -0.05) is 6.07 Å². The molecule has 0 aromatic heterocycles. The first kappa shape index (κ1) is 13.2. The van der Waals surface area contributed by atoms with Gasteiger partial charge in [0.15, 0.2) is 11.5 Å². The van der Waals surface area contributed by atoms with E-state index in [0.29, 0.717) is 17.9 Å². The minimum Gasteiger partial charge on any atom is -0.504 e. The summed E-state index contributed by atoms with van der Waals surface area (Å²) in [5.74, 6) is 0.714. The number of hydrogen-bond acceptors (Lipinski definition) is 4. The first-order valence-electron chi connectivity index (χ1n) is 6.29. The second-order valence-corrected chi connectivity index (χ2v) is 4.75. The SMILES string of the molecule is COc1cc(C(C)N2CCC(OC)C2)ccc1O. The number of nitrogens with zero attached hydrogens (tertiary/aromatic N) is 1. The Balaban J connectivity index is 2.11. The van der Waals surface area contributed by atoms with Gasteiger partial charge in [0.05, 0.1) is 13.2 Å². The predicted octanol–water partition coefficient (Wildman–Crippen LogP) is 2.18. The Labute approximate surface area is 108 Å². The Bertz CT molecular complexity index is 408. The molecule has 100 valence electrons. The molecule has 0 saturated carbocycles. The summed E-state index contributed by atoms with van der Waals surface area (Å²) in [6, 6.07) is 5.84. The normalized spacial score (nSPS) is 22.1. The molecule has 1 fully saturated rings. The van der Waals surface area contributed by atoms with Gasteiger partial charge in [-0.25, -0.2) is 0 Å². The Morgan fingerprint density at radius 1 is 1.39 bits per heavy atom. The van der Waals surface area contributed by atoms with E-state index in [1.807, 2.05) is 12.1 Å². The molecule has 2 rings (SSSR count). The molecule has 1 aliphatic rings. The maximum absolute atomic E-state index is 9.60. The quantitative estimate of drug-likeness (QED) is 0.890. The number of phenolic OH excluding ortho intramolecular Hbond substituents is 1. The maximum Gasteiger partial charge on any atom is 0.160 e. The molecule has 4 nitrogen and oxygen atoms in total. The number of rotatable bonds is 4. The third-order valence-corrected chi connectivity index (χ3v) is 3.74. The van der Waals surface area contributed by atoms with Crippen LogP contribution in [0.2, 0.25) is 0 Å². The van der Waals surface area contributed by atoms with E-state index < -0.39 is 0 Å². The van der Waals surface area contributed by atoms with Gasteiger partial charge >= 0.3 is 0 Å². The molecule has 18 heavy (non-hydrogen) atoms. The highest BCUT2D eigenvalue weighted by molar-refractivity contribution is 5.42. The zero-order valence-corrected chi connectivity index (χ0v) is 11.2. The summed E-state index contributed by atoms with van der Waals surface area (Å²) in [5.41, 5.74) is 1.15. The lowest BCUT2D eigenvalue weighted by Crippen LogP contribution is -2.26. The van der Waals surface area contributed by atoms with E-state index in [-0.39, 0.29) is 5.75 Å². The molecule has 2 atom stereocenters. The van der Waals surface area contributed by atoms with Crippen LogP contribution in [0.1, 0.15) is 24.9 Å². The van der Waals surface area contributed by atoms with Crippen molar-refractivity contribution in [2.75, 3.05) is 27.3 Å². The highest BCUT2D eigenvalue weighted by Crippen LogP contribution is 2.32. The fourth-order valence-corrected chi connectivity index (χ4v) is 2.46. The van der Waals surface area contributed by atoms with Crippen LogP contribution in [0.25, 0.3) is 0 Å². The third-order valence-electron chi connectivity index (χ3n) is 3.74. The molecular weight excluding hydrogens is 230 g/mol. The number of phenols is 1. The fourth-order valence-electron chi connectivity index (χ4n) is 2.46. The van der Waals surface area contributed by atoms with Gasteiger partial charge in [0, 0.05) is 26.2 Å². The molecule has 1 aliphatic heterocycles. The van der Waals surface area contributed by atoms with Crippen molar-refractivity contribution in [3.63, 3.8) is 0 Å². The van der Waals surface area contributed by atoms with E-state index in [2.05, 4.69) is 11.8 Å². The second-order valence-electron chi connectivity index (χ2n) is 4.75. The van der Waals surface area contributed by atoms with Crippen LogP contribution in [-0.4, -0.2) is 43.4 Å². The number of aromatic hydroxyl groups is 1. The van der Waals surface area contributed by atoms with E-state index in [1.165, 1.54) is 0 Å². The topological polar surface area (TPSA) is 41.9 Å². The third kappa shape index (κ3) is 2.60. The van der Waals surface area contributed by atoms with Crippen LogP contribution in [0.5, 0.6) is 11.5 Å². The first-order valence-corrected chi connectivity index (χ1v) is 6.29. The van der Waals surface area contributed by atoms with Crippen molar-refractivity contribution in [3.05, 3.63) is 23.8 Å². The van der Waals surface area contributed by atoms with Crippen molar-refractivity contribution in [2.45, 2.75) is 25.5 Å². The Hall–Kier alpha value is -1.26. The zero-order chi connectivity index (χ0) is 13.1. The summed E-state index contributed by atoms with van der Waals surface area (Å²) in [4.78, 5) is 2.39. The maximum atomic E-state index is 9.60. The predicted molar refractivity (Wildman–Crippen MR) is 70.1 cm³/mol. The van der Waals surface area contributed by atoms with Gasteiger partial charge in [-0.2, -0.15) is 0 Å². The summed E-state index contributed by atoms with van der Waals surface area (Å²) >= 11 is 0. The van der Waals surface area contributed by atoms with Crippen molar-refractivity contribution in [3.8, 4) is 11.5 Å². The Kier molecular flexibility index (Phi) is 4.09. The molecular formula is C14H21NO3. The van der Waals surface area contributed by atoms with Crippen molar-refractivity contribution >= 4 is 0 Å². The number of methoxy groups -OCH3 is 2. The van der Waals surface area contributed by atoms with Gasteiger partial charge in [0.2, 0.25) is 0 Å². The van der Waals surface area contributed by atoms with Gasteiger partial charge in [0.25, 0.3) is 0 Å². The van der Waals surface area contributed by atoms with E-state index in [4.69, 9.17) is 9.47 Å². The lowest BCUT2D eigenvalue weighted by atomic mass is 10.1. The van der Waals surface area contributed by atoms with Gasteiger partial charge in [0.1, 0.15) is 0 Å². The summed E-state index contributed by atoms with van der Waals surface area (Å²) in [5, 5.41) is 9.60. The van der Waals surface area contributed by atoms with Crippen LogP contribution in [0.15, 0.2) is 18.2 Å². The minimum atomic E-state index is 0.185. The lowest BCUT2D eigenvalue weighted by molar-refractivity contribution is 0.102. The number of hydrogen-bond donors (Lipinski definition) is 1. The van der Waals surface area contributed by atoms with E-state index >= 15 is 0 Å². The Morgan fingerprint density at radius 2 is 2.17 bits per heavy atom. The number of likely N-dealkylation sites (tertiary alicyclic amines) is 1. The van der Waals surface area contributed by atoms with Gasteiger partial charge < -0.3 is 14.6 Å².